The van der Waals surface area contributed by atoms with Crippen LogP contribution in [-0.2, 0) is 6.61 Å². The van der Waals surface area contributed by atoms with Gasteiger partial charge in [0.15, 0.2) is 12.4 Å². The molecule has 0 spiro atoms. The Balaban J connectivity index is 1.53. The van der Waals surface area contributed by atoms with Crippen molar-refractivity contribution in [2.45, 2.75) is 13.5 Å². The van der Waals surface area contributed by atoms with Gasteiger partial charge in [-0.3, -0.25) is 0 Å². The van der Waals surface area contributed by atoms with Crippen LogP contribution in [0.3, 0.4) is 0 Å². The quantitative estimate of drug-likeness (QED) is 0.565. The average molecular weight is 317 g/mol. The summed E-state index contributed by atoms with van der Waals surface area (Å²) in [6.45, 7) is 2.32. The molecule has 2 aromatic carbocycles. The van der Waals surface area contributed by atoms with Crippen LogP contribution < -0.4 is 4.74 Å². The SMILES string of the molecule is Cc1ccc(-c2cc(COc3ncnc4ccccc34)on2)cc1. The first-order chi connectivity index (χ1) is 11.8. The van der Waals surface area contributed by atoms with E-state index >= 15 is 0 Å². The molecule has 0 radical (unpaired) electrons. The Morgan fingerprint density at radius 3 is 2.71 bits per heavy atom. The number of benzene rings is 2. The van der Waals surface area contributed by atoms with Gasteiger partial charge in [-0.05, 0) is 19.1 Å². The summed E-state index contributed by atoms with van der Waals surface area (Å²) < 4.78 is 11.2. The van der Waals surface area contributed by atoms with Gasteiger partial charge in [-0.25, -0.2) is 9.97 Å². The second kappa shape index (κ2) is 6.12. The Kier molecular flexibility index (Phi) is 3.67. The van der Waals surface area contributed by atoms with Crippen molar-refractivity contribution in [1.82, 2.24) is 15.1 Å². The van der Waals surface area contributed by atoms with Gasteiger partial charge in [0.05, 0.1) is 10.9 Å². The summed E-state index contributed by atoms with van der Waals surface area (Å²) in [6, 6.07) is 17.8. The van der Waals surface area contributed by atoms with Gasteiger partial charge in [-0.15, -0.1) is 0 Å². The van der Waals surface area contributed by atoms with Gasteiger partial charge in [0.25, 0.3) is 0 Å². The highest BCUT2D eigenvalue weighted by Gasteiger charge is 2.09. The molecule has 0 fully saturated rings. The first kappa shape index (κ1) is 14.4. The predicted molar refractivity (Wildman–Crippen MR) is 90.5 cm³/mol. The van der Waals surface area contributed by atoms with Crippen molar-refractivity contribution >= 4 is 10.9 Å². The highest BCUT2D eigenvalue weighted by Crippen LogP contribution is 2.23. The van der Waals surface area contributed by atoms with E-state index in [4.69, 9.17) is 9.26 Å². The highest BCUT2D eigenvalue weighted by atomic mass is 16.5. The molecule has 0 aliphatic rings. The fraction of sp³-hybridized carbons (Fsp3) is 0.105. The maximum absolute atomic E-state index is 5.79. The molecule has 2 heterocycles. The molecule has 0 bridgehead atoms. The topological polar surface area (TPSA) is 61.0 Å². The summed E-state index contributed by atoms with van der Waals surface area (Å²) in [7, 11) is 0. The zero-order valence-electron chi connectivity index (χ0n) is 13.1. The van der Waals surface area contributed by atoms with Crippen LogP contribution in [0.1, 0.15) is 11.3 Å². The largest absolute Gasteiger partial charge is 0.469 e. The van der Waals surface area contributed by atoms with E-state index in [0.29, 0.717) is 11.6 Å². The summed E-state index contributed by atoms with van der Waals surface area (Å²) in [6.07, 6.45) is 1.50. The van der Waals surface area contributed by atoms with E-state index < -0.39 is 0 Å². The lowest BCUT2D eigenvalue weighted by Crippen LogP contribution is -1.97. The summed E-state index contributed by atoms with van der Waals surface area (Å²) in [5, 5.41) is 4.98. The third-order valence-corrected chi connectivity index (χ3v) is 3.76. The van der Waals surface area contributed by atoms with Crippen LogP contribution in [0.5, 0.6) is 5.88 Å². The Morgan fingerprint density at radius 1 is 1.00 bits per heavy atom. The van der Waals surface area contributed by atoms with Gasteiger partial charge in [0.2, 0.25) is 5.88 Å². The maximum atomic E-state index is 5.79. The Bertz CT molecular complexity index is 972. The summed E-state index contributed by atoms with van der Waals surface area (Å²) in [4.78, 5) is 8.42. The van der Waals surface area contributed by atoms with E-state index in [0.717, 1.165) is 22.2 Å². The second-order valence-corrected chi connectivity index (χ2v) is 5.53. The molecule has 4 aromatic rings. The van der Waals surface area contributed by atoms with Crippen LogP contribution in [0.15, 0.2) is 65.4 Å². The molecule has 5 heteroatoms. The number of hydrogen-bond donors (Lipinski definition) is 0. The molecule has 0 N–H and O–H groups in total. The van der Waals surface area contributed by atoms with Crippen molar-refractivity contribution in [1.29, 1.82) is 0 Å². The van der Waals surface area contributed by atoms with Gasteiger partial charge in [0, 0.05) is 11.6 Å². The number of aromatic nitrogens is 3. The van der Waals surface area contributed by atoms with Gasteiger partial charge in [0.1, 0.15) is 12.0 Å². The van der Waals surface area contributed by atoms with Crippen molar-refractivity contribution in [2.75, 3.05) is 0 Å². The normalized spacial score (nSPS) is 10.9. The highest BCUT2D eigenvalue weighted by molar-refractivity contribution is 5.82. The van der Waals surface area contributed by atoms with Crippen LogP contribution in [0.4, 0.5) is 0 Å². The number of para-hydroxylation sites is 1. The smallest absolute Gasteiger partial charge is 0.224 e. The number of fused-ring (bicyclic) bond motifs is 1. The lowest BCUT2D eigenvalue weighted by molar-refractivity contribution is 0.244. The predicted octanol–water partition coefficient (Wildman–Crippen LogP) is 4.17. The van der Waals surface area contributed by atoms with Gasteiger partial charge in [-0.2, -0.15) is 0 Å². The molecule has 2 aromatic heterocycles. The fourth-order valence-corrected chi connectivity index (χ4v) is 2.48. The summed E-state index contributed by atoms with van der Waals surface area (Å²) in [5.74, 6) is 1.18. The Hall–Kier alpha value is -3.21. The molecule has 0 unspecified atom stereocenters. The first-order valence-electron chi connectivity index (χ1n) is 7.65. The Morgan fingerprint density at radius 2 is 1.83 bits per heavy atom. The number of nitrogens with zero attached hydrogens (tertiary/aromatic N) is 3. The lowest BCUT2D eigenvalue weighted by atomic mass is 10.1. The summed E-state index contributed by atoms with van der Waals surface area (Å²) >= 11 is 0. The van der Waals surface area contributed by atoms with Crippen LogP contribution >= 0.6 is 0 Å². The monoisotopic (exact) mass is 317 g/mol. The van der Waals surface area contributed by atoms with Crippen LogP contribution in [0.25, 0.3) is 22.2 Å². The maximum Gasteiger partial charge on any atom is 0.224 e. The van der Waals surface area contributed by atoms with Crippen LogP contribution in [-0.4, -0.2) is 15.1 Å². The molecule has 0 atom stereocenters. The number of ether oxygens (including phenoxy) is 1. The standard InChI is InChI=1S/C19H15N3O2/c1-13-6-8-14(9-7-13)18-10-15(24-22-18)11-23-19-16-4-2-3-5-17(16)20-12-21-19/h2-10,12H,11H2,1H3. The second-order valence-electron chi connectivity index (χ2n) is 5.53. The van der Waals surface area contributed by atoms with Crippen molar-refractivity contribution in [3.05, 3.63) is 72.2 Å². The third kappa shape index (κ3) is 2.84. The zero-order valence-corrected chi connectivity index (χ0v) is 13.1. The lowest BCUT2D eigenvalue weighted by Gasteiger charge is -2.05. The first-order valence-corrected chi connectivity index (χ1v) is 7.65. The van der Waals surface area contributed by atoms with Crippen molar-refractivity contribution in [3.8, 4) is 17.1 Å². The molecule has 0 aliphatic carbocycles. The van der Waals surface area contributed by atoms with Crippen molar-refractivity contribution in [3.63, 3.8) is 0 Å². The third-order valence-electron chi connectivity index (χ3n) is 3.76. The molecule has 4 rings (SSSR count). The molecule has 0 saturated heterocycles. The van der Waals surface area contributed by atoms with Crippen LogP contribution in [0, 0.1) is 6.92 Å². The average Bonchev–Trinajstić information content (AvgIpc) is 3.09. The number of hydrogen-bond acceptors (Lipinski definition) is 5. The molecule has 5 nitrogen and oxygen atoms in total. The van der Waals surface area contributed by atoms with E-state index in [-0.39, 0.29) is 6.61 Å². The zero-order chi connectivity index (χ0) is 16.4. The van der Waals surface area contributed by atoms with E-state index in [2.05, 4.69) is 22.0 Å². The van der Waals surface area contributed by atoms with E-state index in [1.54, 1.807) is 0 Å². The molecule has 0 aliphatic heterocycles. The van der Waals surface area contributed by atoms with E-state index in [1.165, 1.54) is 11.9 Å². The minimum absolute atomic E-state index is 0.264. The Labute approximate surface area is 138 Å². The van der Waals surface area contributed by atoms with Crippen LogP contribution in [0.2, 0.25) is 0 Å². The van der Waals surface area contributed by atoms with Gasteiger partial charge < -0.3 is 9.26 Å². The minimum atomic E-state index is 0.264. The molecular weight excluding hydrogens is 302 g/mol. The van der Waals surface area contributed by atoms with E-state index in [1.807, 2.05) is 54.6 Å². The number of rotatable bonds is 4. The van der Waals surface area contributed by atoms with Gasteiger partial charge >= 0.3 is 0 Å². The molecule has 0 amide bonds. The van der Waals surface area contributed by atoms with Crippen molar-refractivity contribution in [2.24, 2.45) is 0 Å². The van der Waals surface area contributed by atoms with E-state index in [9.17, 15) is 0 Å². The fourth-order valence-electron chi connectivity index (χ4n) is 2.48. The molecular formula is C19H15N3O2. The molecule has 24 heavy (non-hydrogen) atoms. The molecule has 0 saturated carbocycles. The van der Waals surface area contributed by atoms with Gasteiger partial charge in [-0.1, -0.05) is 47.1 Å². The minimum Gasteiger partial charge on any atom is -0.469 e. The summed E-state index contributed by atoms with van der Waals surface area (Å²) in [5.41, 5.74) is 3.87. The van der Waals surface area contributed by atoms with Crippen molar-refractivity contribution < 1.29 is 9.26 Å². The number of aryl methyl sites for hydroxylation is 1. The molecule has 118 valence electrons.